The number of methoxy groups -OCH3 is 1. The van der Waals surface area contributed by atoms with Crippen LogP contribution in [0.3, 0.4) is 0 Å². The van der Waals surface area contributed by atoms with Crippen molar-refractivity contribution in [2.45, 2.75) is 51.9 Å². The maximum atomic E-state index is 12.6. The van der Waals surface area contributed by atoms with Gasteiger partial charge in [-0.1, -0.05) is 19.9 Å². The number of hydrogen-bond donors (Lipinski definition) is 2. The van der Waals surface area contributed by atoms with E-state index in [2.05, 4.69) is 10.1 Å². The van der Waals surface area contributed by atoms with Crippen LogP contribution in [0.4, 0.5) is 8.78 Å². The second kappa shape index (κ2) is 9.68. The number of ether oxygens (including phenoxy) is 2. The van der Waals surface area contributed by atoms with Gasteiger partial charge in [-0.3, -0.25) is 9.59 Å². The molecule has 1 aromatic carbocycles. The second-order valence-electron chi connectivity index (χ2n) is 7.10. The highest BCUT2D eigenvalue weighted by molar-refractivity contribution is 5.87. The molecule has 1 aliphatic rings. The summed E-state index contributed by atoms with van der Waals surface area (Å²) < 4.78 is 34.4. The minimum atomic E-state index is -2.95. The number of halogens is 2. The molecule has 1 saturated carbocycles. The quantitative estimate of drug-likeness (QED) is 0.627. The average Bonchev–Trinajstić information content (AvgIpc) is 3.48. The van der Waals surface area contributed by atoms with Gasteiger partial charge in [0.2, 0.25) is 11.8 Å². The molecule has 1 aliphatic carbocycles. The van der Waals surface area contributed by atoms with Crippen LogP contribution >= 0.6 is 0 Å². The third kappa shape index (κ3) is 6.05. The number of nitrogens with one attached hydrogen (secondary N) is 1. The summed E-state index contributed by atoms with van der Waals surface area (Å²) in [4.78, 5) is 26.2. The Bertz CT molecular complexity index is 696. The highest BCUT2D eigenvalue weighted by Gasteiger charge is 2.33. The van der Waals surface area contributed by atoms with Gasteiger partial charge in [0, 0.05) is 12.6 Å². The number of alkyl halides is 2. The first-order chi connectivity index (χ1) is 13.2. The van der Waals surface area contributed by atoms with Gasteiger partial charge < -0.3 is 25.4 Å². The summed E-state index contributed by atoms with van der Waals surface area (Å²) in [5.41, 5.74) is 6.49. The van der Waals surface area contributed by atoms with Gasteiger partial charge in [0.1, 0.15) is 0 Å². The predicted molar refractivity (Wildman–Crippen MR) is 99.0 cm³/mol. The third-order valence-electron chi connectivity index (χ3n) is 4.54. The number of carbonyl (C=O) groups excluding carboxylic acids is 2. The number of rotatable bonds is 10. The van der Waals surface area contributed by atoms with Gasteiger partial charge in [-0.15, -0.1) is 0 Å². The summed E-state index contributed by atoms with van der Waals surface area (Å²) >= 11 is 0. The lowest BCUT2D eigenvalue weighted by molar-refractivity contribution is -0.134. The number of carbonyl (C=O) groups is 2. The smallest absolute Gasteiger partial charge is 0.387 e. The van der Waals surface area contributed by atoms with Gasteiger partial charge >= 0.3 is 6.61 Å². The normalized spacial score (nSPS) is 14.7. The summed E-state index contributed by atoms with van der Waals surface area (Å²) in [6.45, 7) is 0.847. The van der Waals surface area contributed by atoms with E-state index in [1.165, 1.54) is 13.2 Å². The molecule has 0 bridgehead atoms. The highest BCUT2D eigenvalue weighted by atomic mass is 19.3. The fraction of sp³-hybridized carbons (Fsp3) is 0.579. The molecule has 1 atom stereocenters. The number of nitrogens with two attached hydrogens (primary N) is 1. The summed E-state index contributed by atoms with van der Waals surface area (Å²) in [6.07, 6.45) is 1.77. The molecule has 1 aromatic rings. The first-order valence-corrected chi connectivity index (χ1v) is 9.17. The fourth-order valence-electron chi connectivity index (χ4n) is 2.69. The minimum Gasteiger partial charge on any atom is -0.493 e. The van der Waals surface area contributed by atoms with Crippen LogP contribution in [0, 0.1) is 5.92 Å². The molecular formula is C19H27F2N3O4. The first kappa shape index (κ1) is 21.9. The Labute approximate surface area is 163 Å². The van der Waals surface area contributed by atoms with Crippen molar-refractivity contribution in [1.29, 1.82) is 0 Å². The van der Waals surface area contributed by atoms with E-state index in [0.717, 1.165) is 12.8 Å². The molecular weight excluding hydrogens is 372 g/mol. The molecule has 0 spiro atoms. The topological polar surface area (TPSA) is 93.9 Å². The van der Waals surface area contributed by atoms with Crippen molar-refractivity contribution >= 4 is 11.8 Å². The van der Waals surface area contributed by atoms with Crippen molar-refractivity contribution in [3.63, 3.8) is 0 Å². The Morgan fingerprint density at radius 1 is 1.29 bits per heavy atom. The molecule has 2 rings (SSSR count). The van der Waals surface area contributed by atoms with Crippen molar-refractivity contribution in [3.8, 4) is 11.5 Å². The molecule has 0 radical (unpaired) electrons. The SMILES string of the molecule is COc1cc(CN(C(=O)CNC(=O)[C@@H](N)C(C)C)C2CC2)ccc1OC(F)F. The van der Waals surface area contributed by atoms with Crippen LogP contribution in [0.2, 0.25) is 0 Å². The minimum absolute atomic E-state index is 0.0314. The molecule has 156 valence electrons. The fourth-order valence-corrected chi connectivity index (χ4v) is 2.69. The van der Waals surface area contributed by atoms with Gasteiger partial charge in [0.05, 0.1) is 19.7 Å². The van der Waals surface area contributed by atoms with Gasteiger partial charge in [-0.2, -0.15) is 8.78 Å². The molecule has 3 N–H and O–H groups in total. The van der Waals surface area contributed by atoms with Crippen molar-refractivity contribution in [1.82, 2.24) is 10.2 Å². The molecule has 0 saturated heterocycles. The zero-order valence-corrected chi connectivity index (χ0v) is 16.3. The van der Waals surface area contributed by atoms with Crippen LogP contribution in [0.5, 0.6) is 11.5 Å². The van der Waals surface area contributed by atoms with Crippen LogP contribution in [0.1, 0.15) is 32.3 Å². The molecule has 2 amide bonds. The zero-order chi connectivity index (χ0) is 20.8. The maximum Gasteiger partial charge on any atom is 0.387 e. The van der Waals surface area contributed by atoms with Crippen molar-refractivity contribution in [3.05, 3.63) is 23.8 Å². The molecule has 0 heterocycles. The summed E-state index contributed by atoms with van der Waals surface area (Å²) in [5, 5.41) is 2.58. The molecule has 28 heavy (non-hydrogen) atoms. The van der Waals surface area contributed by atoms with E-state index < -0.39 is 12.7 Å². The van der Waals surface area contributed by atoms with Crippen LogP contribution in [0.15, 0.2) is 18.2 Å². The largest absolute Gasteiger partial charge is 0.493 e. The predicted octanol–water partition coefficient (Wildman–Crippen LogP) is 1.89. The van der Waals surface area contributed by atoms with E-state index in [-0.39, 0.29) is 48.4 Å². The monoisotopic (exact) mass is 399 g/mol. The van der Waals surface area contributed by atoms with Crippen molar-refractivity contribution in [2.24, 2.45) is 11.7 Å². The molecule has 1 fully saturated rings. The molecule has 7 nitrogen and oxygen atoms in total. The van der Waals surface area contributed by atoms with E-state index in [1.807, 2.05) is 13.8 Å². The van der Waals surface area contributed by atoms with Crippen LogP contribution in [-0.2, 0) is 16.1 Å². The van der Waals surface area contributed by atoms with Crippen LogP contribution in [-0.4, -0.2) is 49.1 Å². The Hall–Kier alpha value is -2.42. The Morgan fingerprint density at radius 3 is 2.50 bits per heavy atom. The van der Waals surface area contributed by atoms with Crippen LogP contribution < -0.4 is 20.5 Å². The lowest BCUT2D eigenvalue weighted by atomic mass is 10.1. The third-order valence-corrected chi connectivity index (χ3v) is 4.54. The van der Waals surface area contributed by atoms with Crippen LogP contribution in [0.25, 0.3) is 0 Å². The average molecular weight is 399 g/mol. The standard InChI is InChI=1S/C19H27F2N3O4/c1-11(2)17(22)18(26)23-9-16(25)24(13-5-6-13)10-12-4-7-14(28-19(20)21)15(8-12)27-3/h4,7-8,11,13,17,19H,5-6,9-10,22H2,1-3H3,(H,23,26)/t17-/m0/s1. The zero-order valence-electron chi connectivity index (χ0n) is 16.3. The Balaban J connectivity index is 2.02. The van der Waals surface area contributed by atoms with E-state index >= 15 is 0 Å². The number of benzene rings is 1. The molecule has 0 unspecified atom stereocenters. The lowest BCUT2D eigenvalue weighted by Gasteiger charge is -2.24. The van der Waals surface area contributed by atoms with Gasteiger partial charge in [-0.05, 0) is 36.5 Å². The number of amides is 2. The number of hydrogen-bond acceptors (Lipinski definition) is 5. The summed E-state index contributed by atoms with van der Waals surface area (Å²) in [7, 11) is 1.36. The van der Waals surface area contributed by atoms with E-state index in [9.17, 15) is 18.4 Å². The first-order valence-electron chi connectivity index (χ1n) is 9.17. The molecule has 0 aromatic heterocycles. The number of nitrogens with zero attached hydrogens (tertiary/aromatic N) is 1. The molecule has 9 heteroatoms. The maximum absolute atomic E-state index is 12.6. The second-order valence-corrected chi connectivity index (χ2v) is 7.10. The Morgan fingerprint density at radius 2 is 1.96 bits per heavy atom. The summed E-state index contributed by atoms with van der Waals surface area (Å²) in [6, 6.07) is 3.99. The van der Waals surface area contributed by atoms with E-state index in [1.54, 1.807) is 17.0 Å². The highest BCUT2D eigenvalue weighted by Crippen LogP contribution is 2.32. The Kier molecular flexibility index (Phi) is 7.56. The summed E-state index contributed by atoms with van der Waals surface area (Å²) in [5.74, 6) is -0.526. The van der Waals surface area contributed by atoms with Gasteiger partial charge in [-0.25, -0.2) is 0 Å². The van der Waals surface area contributed by atoms with E-state index in [4.69, 9.17) is 10.5 Å². The molecule has 0 aliphatic heterocycles. The van der Waals surface area contributed by atoms with E-state index in [0.29, 0.717) is 5.56 Å². The lowest BCUT2D eigenvalue weighted by Crippen LogP contribution is -2.48. The van der Waals surface area contributed by atoms with Crippen molar-refractivity contribution in [2.75, 3.05) is 13.7 Å². The van der Waals surface area contributed by atoms with Gasteiger partial charge in [0.15, 0.2) is 11.5 Å². The van der Waals surface area contributed by atoms with Crippen molar-refractivity contribution < 1.29 is 27.8 Å². The van der Waals surface area contributed by atoms with Gasteiger partial charge in [0.25, 0.3) is 0 Å².